The van der Waals surface area contributed by atoms with Crippen molar-refractivity contribution in [2.45, 2.75) is 18.7 Å². The van der Waals surface area contributed by atoms with Crippen LogP contribution in [0.5, 0.6) is 0 Å². The fourth-order valence-corrected chi connectivity index (χ4v) is 1.19. The number of carbonyl (C=O) groups excluding carboxylic acids is 1. The van der Waals surface area contributed by atoms with Crippen LogP contribution >= 0.6 is 0 Å². The first-order valence-corrected chi connectivity index (χ1v) is 5.86. The Kier molecular flexibility index (Phi) is 5.87. The van der Waals surface area contributed by atoms with Crippen LogP contribution in [0.25, 0.3) is 0 Å². The van der Waals surface area contributed by atoms with Crippen LogP contribution in [0.4, 0.5) is 0 Å². The van der Waals surface area contributed by atoms with Gasteiger partial charge in [0.15, 0.2) is 5.78 Å². The summed E-state index contributed by atoms with van der Waals surface area (Å²) in [5.41, 5.74) is 0.956. The van der Waals surface area contributed by atoms with Gasteiger partial charge in [0.25, 0.3) is 10.1 Å². The zero-order valence-corrected chi connectivity index (χ0v) is 9.86. The van der Waals surface area contributed by atoms with E-state index in [1.807, 2.05) is 6.92 Å². The topological polar surface area (TPSA) is 91.7 Å². The number of benzene rings is 1. The Labute approximate surface area is 94.5 Å². The lowest BCUT2D eigenvalue weighted by Gasteiger charge is -1.95. The molecule has 2 N–H and O–H groups in total. The molecule has 0 aromatic heterocycles. The summed E-state index contributed by atoms with van der Waals surface area (Å²) in [6, 6.07) is 5.99. The number of ketones is 1. The Hall–Kier alpha value is -1.24. The van der Waals surface area contributed by atoms with Gasteiger partial charge in [-0.25, -0.2) is 0 Å². The van der Waals surface area contributed by atoms with Crippen molar-refractivity contribution in [3.63, 3.8) is 0 Å². The van der Waals surface area contributed by atoms with Gasteiger partial charge in [-0.1, -0.05) is 17.7 Å². The van der Waals surface area contributed by atoms with Gasteiger partial charge in [0.1, 0.15) is 6.61 Å². The third kappa shape index (κ3) is 6.28. The van der Waals surface area contributed by atoms with Crippen molar-refractivity contribution in [1.29, 1.82) is 0 Å². The summed E-state index contributed by atoms with van der Waals surface area (Å²) in [6.45, 7) is 2.84. The summed E-state index contributed by atoms with van der Waals surface area (Å²) in [5, 5.41) is 7.79. The molecule has 0 aliphatic carbocycles. The van der Waals surface area contributed by atoms with E-state index in [0.717, 1.165) is 5.56 Å². The summed E-state index contributed by atoms with van der Waals surface area (Å²) in [5.74, 6) is -0.190. The van der Waals surface area contributed by atoms with Crippen LogP contribution in [0.15, 0.2) is 29.2 Å². The molecule has 1 aromatic carbocycles. The fourth-order valence-electron chi connectivity index (χ4n) is 0.710. The summed E-state index contributed by atoms with van der Waals surface area (Å²) < 4.78 is 29.6. The molecule has 0 fully saturated rings. The first-order chi connectivity index (χ1) is 7.27. The molecule has 0 amide bonds. The average molecular weight is 246 g/mol. The number of aliphatic hydroxyl groups is 1. The van der Waals surface area contributed by atoms with E-state index in [0.29, 0.717) is 0 Å². The number of aliphatic hydroxyl groups excluding tert-OH is 1. The van der Waals surface area contributed by atoms with Crippen molar-refractivity contribution in [2.24, 2.45) is 0 Å². The Morgan fingerprint density at radius 3 is 1.88 bits per heavy atom. The molecule has 0 unspecified atom stereocenters. The van der Waals surface area contributed by atoms with E-state index in [-0.39, 0.29) is 17.3 Å². The summed E-state index contributed by atoms with van der Waals surface area (Å²) in [7, 11) is -4.02. The number of aryl methyl sites for hydroxylation is 1. The quantitative estimate of drug-likeness (QED) is 0.753. The largest absolute Gasteiger partial charge is 0.389 e. The van der Waals surface area contributed by atoms with E-state index in [9.17, 15) is 13.2 Å². The molecule has 5 nitrogen and oxygen atoms in total. The number of rotatable bonds is 2. The van der Waals surface area contributed by atoms with Crippen molar-refractivity contribution in [3.8, 4) is 0 Å². The van der Waals surface area contributed by atoms with E-state index in [2.05, 4.69) is 0 Å². The van der Waals surface area contributed by atoms with E-state index >= 15 is 0 Å². The third-order valence-electron chi connectivity index (χ3n) is 1.54. The molecule has 0 saturated carbocycles. The number of Topliss-reactive ketones (excluding diaryl/α,β-unsaturated/α-hetero) is 1. The maximum Gasteiger partial charge on any atom is 0.294 e. The molecular formula is C10H14O5S. The molecule has 0 radical (unpaired) electrons. The van der Waals surface area contributed by atoms with Crippen molar-refractivity contribution in [1.82, 2.24) is 0 Å². The van der Waals surface area contributed by atoms with Gasteiger partial charge in [-0.05, 0) is 26.0 Å². The molecule has 1 rings (SSSR count). The predicted octanol–water partition coefficient (Wildman–Crippen LogP) is 0.809. The van der Waals surface area contributed by atoms with E-state index in [1.165, 1.54) is 19.1 Å². The van der Waals surface area contributed by atoms with Crippen molar-refractivity contribution >= 4 is 15.9 Å². The van der Waals surface area contributed by atoms with Gasteiger partial charge in [0.2, 0.25) is 0 Å². The number of carbonyl (C=O) groups is 1. The Morgan fingerprint density at radius 2 is 1.62 bits per heavy atom. The van der Waals surface area contributed by atoms with Crippen LogP contribution in [0.3, 0.4) is 0 Å². The maximum atomic E-state index is 10.5. The lowest BCUT2D eigenvalue weighted by atomic mass is 10.2. The molecular weight excluding hydrogens is 232 g/mol. The van der Waals surface area contributed by atoms with Gasteiger partial charge in [-0.15, -0.1) is 0 Å². The maximum absolute atomic E-state index is 10.5. The molecule has 0 saturated heterocycles. The minimum absolute atomic E-state index is 0.0666. The van der Waals surface area contributed by atoms with Gasteiger partial charge >= 0.3 is 0 Å². The van der Waals surface area contributed by atoms with Crippen molar-refractivity contribution in [3.05, 3.63) is 29.8 Å². The van der Waals surface area contributed by atoms with Crippen LogP contribution in [0.1, 0.15) is 12.5 Å². The average Bonchev–Trinajstić information content (AvgIpc) is 2.18. The predicted molar refractivity (Wildman–Crippen MR) is 58.8 cm³/mol. The summed E-state index contributed by atoms with van der Waals surface area (Å²) in [4.78, 5) is 9.50. The van der Waals surface area contributed by atoms with Crippen LogP contribution < -0.4 is 0 Å². The molecule has 6 heteroatoms. The molecule has 0 spiro atoms. The first kappa shape index (κ1) is 14.8. The SMILES string of the molecule is CC(=O)CO.Cc1ccc(S(=O)(=O)O)cc1. The lowest BCUT2D eigenvalue weighted by Crippen LogP contribution is -1.96. The minimum Gasteiger partial charge on any atom is -0.389 e. The second-order valence-corrected chi connectivity index (χ2v) is 4.57. The minimum atomic E-state index is -4.02. The number of hydrogen-bond donors (Lipinski definition) is 2. The lowest BCUT2D eigenvalue weighted by molar-refractivity contribution is -0.119. The van der Waals surface area contributed by atoms with Crippen molar-refractivity contribution in [2.75, 3.05) is 6.61 Å². The highest BCUT2D eigenvalue weighted by atomic mass is 32.2. The summed E-state index contributed by atoms with van der Waals surface area (Å²) in [6.07, 6.45) is 0. The Balaban J connectivity index is 0.000000385. The normalized spacial score (nSPS) is 10.2. The molecule has 0 bridgehead atoms. The van der Waals surface area contributed by atoms with Crippen LogP contribution in [0, 0.1) is 6.92 Å². The molecule has 0 aliphatic rings. The molecule has 90 valence electrons. The molecule has 1 aromatic rings. The van der Waals surface area contributed by atoms with Gasteiger partial charge in [0, 0.05) is 0 Å². The van der Waals surface area contributed by atoms with Gasteiger partial charge in [-0.2, -0.15) is 8.42 Å². The van der Waals surface area contributed by atoms with E-state index < -0.39 is 10.1 Å². The van der Waals surface area contributed by atoms with Gasteiger partial charge in [0.05, 0.1) is 4.90 Å². The first-order valence-electron chi connectivity index (χ1n) is 4.42. The molecule has 0 atom stereocenters. The zero-order chi connectivity index (χ0) is 12.8. The van der Waals surface area contributed by atoms with Crippen LogP contribution in [-0.4, -0.2) is 30.5 Å². The Bertz CT molecular complexity index is 433. The highest BCUT2D eigenvalue weighted by Gasteiger charge is 2.06. The zero-order valence-electron chi connectivity index (χ0n) is 9.04. The van der Waals surface area contributed by atoms with Gasteiger partial charge in [-0.3, -0.25) is 9.35 Å². The summed E-state index contributed by atoms with van der Waals surface area (Å²) >= 11 is 0. The third-order valence-corrected chi connectivity index (χ3v) is 2.41. The van der Waals surface area contributed by atoms with Crippen LogP contribution in [-0.2, 0) is 14.9 Å². The standard InChI is InChI=1S/C7H8O3S.C3H6O2/c1-6-2-4-7(5-3-6)11(8,9)10;1-3(5)2-4/h2-5H,1H3,(H,8,9,10);4H,2H2,1H3. The van der Waals surface area contributed by atoms with Crippen molar-refractivity contribution < 1.29 is 22.9 Å². The smallest absolute Gasteiger partial charge is 0.294 e. The number of hydrogen-bond acceptors (Lipinski definition) is 4. The van der Waals surface area contributed by atoms with Gasteiger partial charge < -0.3 is 5.11 Å². The second kappa shape index (κ2) is 6.37. The highest BCUT2D eigenvalue weighted by Crippen LogP contribution is 2.08. The van der Waals surface area contributed by atoms with E-state index in [4.69, 9.17) is 9.66 Å². The molecule has 0 heterocycles. The van der Waals surface area contributed by atoms with E-state index in [1.54, 1.807) is 12.1 Å². The van der Waals surface area contributed by atoms with Crippen LogP contribution in [0.2, 0.25) is 0 Å². The fraction of sp³-hybridized carbons (Fsp3) is 0.300. The highest BCUT2D eigenvalue weighted by molar-refractivity contribution is 7.85. The molecule has 0 aliphatic heterocycles. The Morgan fingerprint density at radius 1 is 1.25 bits per heavy atom. The molecule has 16 heavy (non-hydrogen) atoms. The monoisotopic (exact) mass is 246 g/mol. The second-order valence-electron chi connectivity index (χ2n) is 3.15.